The van der Waals surface area contributed by atoms with Crippen LogP contribution in [-0.4, -0.2) is 31.2 Å². The molecule has 0 bridgehead atoms. The number of nitrogens with zero attached hydrogens (tertiary/aromatic N) is 1. The van der Waals surface area contributed by atoms with Crippen molar-refractivity contribution in [1.29, 1.82) is 0 Å². The number of rotatable bonds is 4. The Bertz CT molecular complexity index is 621. The third-order valence-corrected chi connectivity index (χ3v) is 5.20. The van der Waals surface area contributed by atoms with Gasteiger partial charge in [0, 0.05) is 11.4 Å². The van der Waals surface area contributed by atoms with Gasteiger partial charge in [0.25, 0.3) is 0 Å². The second kappa shape index (κ2) is 8.50. The van der Waals surface area contributed by atoms with Gasteiger partial charge in [-0.05, 0) is 48.1 Å². The van der Waals surface area contributed by atoms with Crippen molar-refractivity contribution in [2.75, 3.05) is 26.7 Å². The Morgan fingerprint density at radius 2 is 1.65 bits per heavy atom. The normalized spacial score (nSPS) is 16.6. The van der Waals surface area contributed by atoms with Crippen molar-refractivity contribution in [3.05, 3.63) is 59.1 Å². The first kappa shape index (κ1) is 18.8. The lowest BCUT2D eigenvalue weighted by atomic mass is 9.97. The molecule has 2 aromatic carbocycles. The third-order valence-electron chi connectivity index (χ3n) is 4.97. The summed E-state index contributed by atoms with van der Waals surface area (Å²) in [5, 5.41) is 0.843. The molecule has 0 N–H and O–H groups in total. The minimum absolute atomic E-state index is 0. The van der Waals surface area contributed by atoms with Crippen molar-refractivity contribution < 1.29 is 28.5 Å². The molecule has 0 unspecified atom stereocenters. The molecule has 3 rings (SSSR count). The molecule has 0 atom stereocenters. The van der Waals surface area contributed by atoms with Crippen LogP contribution in [-0.2, 0) is 6.42 Å². The van der Waals surface area contributed by atoms with Crippen molar-refractivity contribution in [2.24, 2.45) is 0 Å². The summed E-state index contributed by atoms with van der Waals surface area (Å²) in [6.07, 6.45) is 5.25. The van der Waals surface area contributed by atoms with E-state index in [-0.39, 0.29) is 24.0 Å². The van der Waals surface area contributed by atoms with Gasteiger partial charge in [-0.25, -0.2) is 0 Å². The SMILES string of the molecule is C[N+]1(CCc2cc(Cl)ccc2-c2ccccc2)CCCCC1.[I-]. The van der Waals surface area contributed by atoms with Crippen molar-refractivity contribution in [2.45, 2.75) is 25.7 Å². The highest BCUT2D eigenvalue weighted by Gasteiger charge is 2.24. The Balaban J connectivity index is 0.00000192. The number of piperidine rings is 1. The second-order valence-electron chi connectivity index (χ2n) is 6.77. The molecule has 0 aliphatic carbocycles. The number of hydrogen-bond acceptors (Lipinski definition) is 0. The minimum atomic E-state index is 0. The molecule has 3 heteroatoms. The van der Waals surface area contributed by atoms with Crippen LogP contribution in [0, 0.1) is 0 Å². The predicted molar refractivity (Wildman–Crippen MR) is 95.2 cm³/mol. The van der Waals surface area contributed by atoms with E-state index in [1.165, 1.54) is 60.1 Å². The lowest BCUT2D eigenvalue weighted by Crippen LogP contribution is -3.00. The number of hydrogen-bond donors (Lipinski definition) is 0. The summed E-state index contributed by atoms with van der Waals surface area (Å²) < 4.78 is 1.21. The Labute approximate surface area is 162 Å². The number of likely N-dealkylation sites (N-methyl/N-ethyl adjacent to an activating group) is 1. The molecule has 1 aliphatic heterocycles. The lowest BCUT2D eigenvalue weighted by Gasteiger charge is -2.38. The van der Waals surface area contributed by atoms with E-state index in [1.807, 2.05) is 6.07 Å². The van der Waals surface area contributed by atoms with Gasteiger partial charge in [-0.2, -0.15) is 0 Å². The first-order chi connectivity index (χ1) is 10.7. The molecular formula is C20H25ClIN. The molecule has 1 fully saturated rings. The molecule has 1 aliphatic rings. The number of quaternary nitrogens is 1. The summed E-state index contributed by atoms with van der Waals surface area (Å²) in [6, 6.07) is 17.0. The maximum atomic E-state index is 6.26. The summed E-state index contributed by atoms with van der Waals surface area (Å²) in [4.78, 5) is 0. The Morgan fingerprint density at radius 1 is 0.957 bits per heavy atom. The first-order valence-electron chi connectivity index (χ1n) is 8.34. The van der Waals surface area contributed by atoms with Crippen LogP contribution in [0.3, 0.4) is 0 Å². The summed E-state index contributed by atoms with van der Waals surface area (Å²) in [7, 11) is 2.41. The van der Waals surface area contributed by atoms with Gasteiger partial charge in [-0.3, -0.25) is 0 Å². The Hall–Kier alpha value is -0.580. The number of halogens is 2. The number of likely N-dealkylation sites (tertiary alicyclic amines) is 1. The topological polar surface area (TPSA) is 0 Å². The fourth-order valence-electron chi connectivity index (χ4n) is 3.56. The summed E-state index contributed by atoms with van der Waals surface area (Å²) in [5.41, 5.74) is 3.99. The molecule has 23 heavy (non-hydrogen) atoms. The highest BCUT2D eigenvalue weighted by molar-refractivity contribution is 6.30. The van der Waals surface area contributed by atoms with Crippen molar-refractivity contribution in [3.8, 4) is 11.1 Å². The van der Waals surface area contributed by atoms with Gasteiger partial charge in [-0.15, -0.1) is 0 Å². The van der Waals surface area contributed by atoms with Gasteiger partial charge in [0.2, 0.25) is 0 Å². The van der Waals surface area contributed by atoms with Crippen LogP contribution in [0.2, 0.25) is 5.02 Å². The molecule has 1 saturated heterocycles. The standard InChI is InChI=1S/C20H25ClN.HI/c1-22(13-6-3-7-14-22)15-12-18-16-19(21)10-11-20(18)17-8-4-2-5-9-17;/h2,4-5,8-11,16H,3,6-7,12-15H2,1H3;1H/q+1;/p-1. The number of benzene rings is 2. The zero-order chi connectivity index (χ0) is 15.4. The third kappa shape index (κ3) is 4.94. The van der Waals surface area contributed by atoms with Crippen LogP contribution in [0.4, 0.5) is 0 Å². The molecule has 0 spiro atoms. The highest BCUT2D eigenvalue weighted by atomic mass is 127. The highest BCUT2D eigenvalue weighted by Crippen LogP contribution is 2.28. The van der Waals surface area contributed by atoms with Crippen LogP contribution in [0.1, 0.15) is 24.8 Å². The maximum absolute atomic E-state index is 6.26. The van der Waals surface area contributed by atoms with Gasteiger partial charge in [0.15, 0.2) is 0 Å². The smallest absolute Gasteiger partial charge is 0.0825 e. The maximum Gasteiger partial charge on any atom is 0.0825 e. The average molecular weight is 442 g/mol. The van der Waals surface area contributed by atoms with Crippen LogP contribution in [0.5, 0.6) is 0 Å². The van der Waals surface area contributed by atoms with Crippen molar-refractivity contribution >= 4 is 11.6 Å². The second-order valence-corrected chi connectivity index (χ2v) is 7.20. The van der Waals surface area contributed by atoms with E-state index >= 15 is 0 Å². The quantitative estimate of drug-likeness (QED) is 0.504. The molecule has 1 nitrogen and oxygen atoms in total. The van der Waals surface area contributed by atoms with E-state index in [0.29, 0.717) is 0 Å². The molecule has 0 amide bonds. The van der Waals surface area contributed by atoms with E-state index < -0.39 is 0 Å². The summed E-state index contributed by atoms with van der Waals surface area (Å²) in [5.74, 6) is 0. The first-order valence-corrected chi connectivity index (χ1v) is 8.72. The summed E-state index contributed by atoms with van der Waals surface area (Å²) >= 11 is 6.26. The Kier molecular flexibility index (Phi) is 6.93. The Morgan fingerprint density at radius 3 is 2.35 bits per heavy atom. The molecule has 0 aromatic heterocycles. The van der Waals surface area contributed by atoms with Crippen LogP contribution < -0.4 is 24.0 Å². The van der Waals surface area contributed by atoms with Crippen molar-refractivity contribution in [1.82, 2.24) is 0 Å². The molecule has 0 saturated carbocycles. The van der Waals surface area contributed by atoms with Crippen molar-refractivity contribution in [3.63, 3.8) is 0 Å². The fraction of sp³-hybridized carbons (Fsp3) is 0.400. The van der Waals surface area contributed by atoms with E-state index in [0.717, 1.165) is 11.4 Å². The van der Waals surface area contributed by atoms with E-state index in [1.54, 1.807) is 0 Å². The van der Waals surface area contributed by atoms with Crippen LogP contribution >= 0.6 is 11.6 Å². The zero-order valence-electron chi connectivity index (χ0n) is 13.8. The fourth-order valence-corrected chi connectivity index (χ4v) is 3.75. The molecule has 1 heterocycles. The van der Waals surface area contributed by atoms with E-state index in [4.69, 9.17) is 11.6 Å². The predicted octanol–water partition coefficient (Wildman–Crippen LogP) is 2.18. The summed E-state index contributed by atoms with van der Waals surface area (Å²) in [6.45, 7) is 3.85. The van der Waals surface area contributed by atoms with Crippen LogP contribution in [0.25, 0.3) is 11.1 Å². The van der Waals surface area contributed by atoms with E-state index in [2.05, 4.69) is 49.5 Å². The van der Waals surface area contributed by atoms with Gasteiger partial charge in [0.05, 0.1) is 26.7 Å². The molecular weight excluding hydrogens is 417 g/mol. The van der Waals surface area contributed by atoms with Gasteiger partial charge < -0.3 is 28.5 Å². The minimum Gasteiger partial charge on any atom is -1.00 e. The average Bonchev–Trinajstić information content (AvgIpc) is 2.55. The van der Waals surface area contributed by atoms with Gasteiger partial charge in [0.1, 0.15) is 0 Å². The largest absolute Gasteiger partial charge is 1.00 e. The molecule has 0 radical (unpaired) electrons. The molecule has 2 aromatic rings. The zero-order valence-corrected chi connectivity index (χ0v) is 16.7. The van der Waals surface area contributed by atoms with Gasteiger partial charge >= 0.3 is 0 Å². The monoisotopic (exact) mass is 441 g/mol. The lowest BCUT2D eigenvalue weighted by molar-refractivity contribution is -0.913. The molecule has 124 valence electrons. The van der Waals surface area contributed by atoms with Crippen LogP contribution in [0.15, 0.2) is 48.5 Å². The van der Waals surface area contributed by atoms with E-state index in [9.17, 15) is 0 Å². The van der Waals surface area contributed by atoms with Gasteiger partial charge in [-0.1, -0.05) is 48.0 Å².